The van der Waals surface area contributed by atoms with Crippen LogP contribution in [0.3, 0.4) is 0 Å². The fourth-order valence-electron chi connectivity index (χ4n) is 3.66. The summed E-state index contributed by atoms with van der Waals surface area (Å²) in [7, 11) is -2.13. The van der Waals surface area contributed by atoms with Crippen LogP contribution in [0.2, 0.25) is 15.1 Å². The average molecular weight is 568 g/mol. The normalized spacial score (nSPS) is 15.4. The van der Waals surface area contributed by atoms with Crippen LogP contribution in [-0.2, 0) is 10.2 Å². The van der Waals surface area contributed by atoms with Gasteiger partial charge in [-0.25, -0.2) is 0 Å². The molecule has 2 N–H and O–H groups in total. The van der Waals surface area contributed by atoms with Crippen molar-refractivity contribution < 1.29 is 18.0 Å². The van der Waals surface area contributed by atoms with E-state index in [0.717, 1.165) is 0 Å². The second-order valence-electron chi connectivity index (χ2n) is 8.03. The predicted molar refractivity (Wildman–Crippen MR) is 144 cm³/mol. The maximum absolute atomic E-state index is 12.9. The Morgan fingerprint density at radius 3 is 2.36 bits per heavy atom. The molecular weight excluding hydrogens is 547 g/mol. The van der Waals surface area contributed by atoms with Gasteiger partial charge in [-0.05, 0) is 61.0 Å². The predicted octanol–water partition coefficient (Wildman–Crippen LogP) is 5.54. The smallest absolute Gasteiger partial charge is 0.303 e. The number of benzene rings is 3. The Hall–Kier alpha value is -2.82. The number of nitrogens with zero attached hydrogens (tertiary/aromatic N) is 2. The quantitative estimate of drug-likeness (QED) is 0.423. The van der Waals surface area contributed by atoms with Gasteiger partial charge in [0.1, 0.15) is 0 Å². The minimum absolute atomic E-state index is 0.0943. The van der Waals surface area contributed by atoms with Crippen LogP contribution in [0, 0.1) is 0 Å². The number of amides is 2. The molecule has 3 aromatic carbocycles. The van der Waals surface area contributed by atoms with E-state index in [0.29, 0.717) is 47.2 Å². The summed E-state index contributed by atoms with van der Waals surface area (Å²) in [6, 6.07) is 15.5. The summed E-state index contributed by atoms with van der Waals surface area (Å²) in [5.41, 5.74) is 1.54. The van der Waals surface area contributed by atoms with Crippen LogP contribution < -0.4 is 14.9 Å². The highest BCUT2D eigenvalue weighted by atomic mass is 35.5. The molecule has 8 nitrogen and oxygen atoms in total. The number of hydrogen-bond acceptors (Lipinski definition) is 4. The van der Waals surface area contributed by atoms with Crippen LogP contribution in [0.15, 0.2) is 60.7 Å². The molecule has 0 aromatic heterocycles. The number of halogens is 3. The van der Waals surface area contributed by atoms with E-state index in [-0.39, 0.29) is 15.6 Å². The Morgan fingerprint density at radius 1 is 0.861 bits per heavy atom. The third-order valence-electron chi connectivity index (χ3n) is 5.55. The molecule has 0 saturated carbocycles. The molecule has 4 rings (SSSR count). The van der Waals surface area contributed by atoms with E-state index in [1.165, 1.54) is 52.1 Å². The molecule has 0 radical (unpaired) electrons. The fourth-order valence-corrected chi connectivity index (χ4v) is 5.71. The zero-order valence-electron chi connectivity index (χ0n) is 19.0. The lowest BCUT2D eigenvalue weighted by atomic mass is 10.1. The Labute approximate surface area is 223 Å². The molecule has 2 amide bonds. The summed E-state index contributed by atoms with van der Waals surface area (Å²) in [6.07, 6.45) is 0.669. The number of carbonyl (C=O) groups is 2. The van der Waals surface area contributed by atoms with Gasteiger partial charge in [0.25, 0.3) is 11.8 Å². The minimum atomic E-state index is -3.64. The van der Waals surface area contributed by atoms with Crippen LogP contribution in [0.5, 0.6) is 0 Å². The van der Waals surface area contributed by atoms with Crippen molar-refractivity contribution in [2.45, 2.75) is 6.42 Å². The fraction of sp³-hybridized carbons (Fsp3) is 0.167. The van der Waals surface area contributed by atoms with Crippen molar-refractivity contribution in [1.29, 1.82) is 0 Å². The maximum atomic E-state index is 12.9. The van der Waals surface area contributed by atoms with E-state index in [1.54, 1.807) is 24.3 Å². The summed E-state index contributed by atoms with van der Waals surface area (Å²) < 4.78 is 27.8. The highest BCUT2D eigenvalue weighted by Gasteiger charge is 2.31. The van der Waals surface area contributed by atoms with Crippen molar-refractivity contribution in [2.75, 3.05) is 35.1 Å². The molecule has 0 bridgehead atoms. The van der Waals surface area contributed by atoms with Crippen LogP contribution in [-0.4, -0.2) is 44.7 Å². The minimum Gasteiger partial charge on any atom is -0.322 e. The van der Waals surface area contributed by atoms with E-state index in [2.05, 4.69) is 10.6 Å². The Kier molecular flexibility index (Phi) is 7.77. The maximum Gasteiger partial charge on any atom is 0.303 e. The molecule has 1 aliphatic rings. The standard InChI is InChI=1S/C24H21Cl3N4O4S/c1-30-10-3-11-31(36(30,34)35)18-7-8-19(21(27)14-18)24(33)28-17-6-9-20(26)22(13-17)29-23(32)15-4-2-5-16(25)12-15/h2,4-9,12-14H,3,10-11H2,1H3,(H,28,33)(H,29,32). The first kappa shape index (κ1) is 26.2. The van der Waals surface area contributed by atoms with Crippen molar-refractivity contribution in [1.82, 2.24) is 4.31 Å². The summed E-state index contributed by atoms with van der Waals surface area (Å²) in [4.78, 5) is 25.5. The Balaban J connectivity index is 1.51. The Bertz CT molecular complexity index is 1450. The van der Waals surface area contributed by atoms with Crippen LogP contribution in [0.4, 0.5) is 17.1 Å². The van der Waals surface area contributed by atoms with Crippen molar-refractivity contribution in [3.05, 3.63) is 86.9 Å². The molecule has 1 saturated heterocycles. The van der Waals surface area contributed by atoms with Gasteiger partial charge < -0.3 is 10.6 Å². The topological polar surface area (TPSA) is 98.8 Å². The van der Waals surface area contributed by atoms with Crippen LogP contribution in [0.25, 0.3) is 0 Å². The molecule has 12 heteroatoms. The molecule has 1 aliphatic heterocycles. The van der Waals surface area contributed by atoms with Crippen molar-refractivity contribution in [3.63, 3.8) is 0 Å². The number of carbonyl (C=O) groups excluding carboxylic acids is 2. The SMILES string of the molecule is CN1CCCN(c2ccc(C(=O)Nc3ccc(Cl)c(NC(=O)c4cccc(Cl)c4)c3)c(Cl)c2)S1(=O)=O. The van der Waals surface area contributed by atoms with Gasteiger partial charge in [0.15, 0.2) is 0 Å². The van der Waals surface area contributed by atoms with Crippen molar-refractivity contribution in [2.24, 2.45) is 0 Å². The molecule has 188 valence electrons. The summed E-state index contributed by atoms with van der Waals surface area (Å²) in [5.74, 6) is -0.931. The highest BCUT2D eigenvalue weighted by Crippen LogP contribution is 2.30. The average Bonchev–Trinajstić information content (AvgIpc) is 2.82. The second kappa shape index (κ2) is 10.7. The summed E-state index contributed by atoms with van der Waals surface area (Å²) in [6.45, 7) is 0.763. The van der Waals surface area contributed by atoms with E-state index < -0.39 is 22.0 Å². The Morgan fingerprint density at radius 2 is 1.64 bits per heavy atom. The zero-order chi connectivity index (χ0) is 26.0. The van der Waals surface area contributed by atoms with Crippen LogP contribution >= 0.6 is 34.8 Å². The molecule has 0 atom stereocenters. The second-order valence-corrected chi connectivity index (χ2v) is 11.2. The van der Waals surface area contributed by atoms with E-state index in [1.807, 2.05) is 0 Å². The van der Waals surface area contributed by atoms with Gasteiger partial charge in [0.2, 0.25) is 0 Å². The number of rotatable bonds is 5. The molecule has 1 fully saturated rings. The summed E-state index contributed by atoms with van der Waals surface area (Å²) >= 11 is 18.5. The number of nitrogens with one attached hydrogen (secondary N) is 2. The molecular formula is C24H21Cl3N4O4S. The molecule has 0 unspecified atom stereocenters. The first-order valence-electron chi connectivity index (χ1n) is 10.8. The number of hydrogen-bond donors (Lipinski definition) is 2. The highest BCUT2D eigenvalue weighted by molar-refractivity contribution is 7.90. The first-order valence-corrected chi connectivity index (χ1v) is 13.3. The lowest BCUT2D eigenvalue weighted by molar-refractivity contribution is 0.101. The lowest BCUT2D eigenvalue weighted by Gasteiger charge is -2.34. The van der Waals surface area contributed by atoms with Crippen molar-refractivity contribution in [3.8, 4) is 0 Å². The van der Waals surface area contributed by atoms with Crippen molar-refractivity contribution >= 4 is 73.9 Å². The molecule has 0 spiro atoms. The van der Waals surface area contributed by atoms with Gasteiger partial charge in [-0.3, -0.25) is 13.9 Å². The van der Waals surface area contributed by atoms with E-state index >= 15 is 0 Å². The molecule has 1 heterocycles. The van der Waals surface area contributed by atoms with Gasteiger partial charge in [-0.2, -0.15) is 12.7 Å². The zero-order valence-corrected chi connectivity index (χ0v) is 22.0. The largest absolute Gasteiger partial charge is 0.322 e. The van der Waals surface area contributed by atoms with Gasteiger partial charge in [0, 0.05) is 36.4 Å². The first-order chi connectivity index (χ1) is 17.1. The van der Waals surface area contributed by atoms with Gasteiger partial charge in [0.05, 0.1) is 27.0 Å². The summed E-state index contributed by atoms with van der Waals surface area (Å²) in [5, 5.41) is 6.21. The van der Waals surface area contributed by atoms with Gasteiger partial charge in [-0.1, -0.05) is 40.9 Å². The van der Waals surface area contributed by atoms with Gasteiger partial charge >= 0.3 is 10.2 Å². The van der Waals surface area contributed by atoms with Gasteiger partial charge in [-0.15, -0.1) is 0 Å². The van der Waals surface area contributed by atoms with E-state index in [9.17, 15) is 18.0 Å². The van der Waals surface area contributed by atoms with E-state index in [4.69, 9.17) is 34.8 Å². The molecule has 36 heavy (non-hydrogen) atoms. The third-order valence-corrected chi connectivity index (χ3v) is 8.35. The number of anilines is 3. The third kappa shape index (κ3) is 5.61. The lowest BCUT2D eigenvalue weighted by Crippen LogP contribution is -2.48. The molecule has 0 aliphatic carbocycles. The van der Waals surface area contributed by atoms with Crippen LogP contribution in [0.1, 0.15) is 27.1 Å². The monoisotopic (exact) mass is 566 g/mol. The molecule has 3 aromatic rings.